The Morgan fingerprint density at radius 2 is 2.06 bits per heavy atom. The molecular weight excluding hydrogens is 244 g/mol. The number of thioether (sulfide) groups is 1. The predicted molar refractivity (Wildman–Crippen MR) is 80.7 cm³/mol. The van der Waals surface area contributed by atoms with Gasteiger partial charge in [0.25, 0.3) is 0 Å². The van der Waals surface area contributed by atoms with Crippen LogP contribution in [-0.4, -0.2) is 30.1 Å². The van der Waals surface area contributed by atoms with Crippen LogP contribution >= 0.6 is 11.8 Å². The minimum Gasteiger partial charge on any atom is -0.478 e. The molecule has 18 heavy (non-hydrogen) atoms. The summed E-state index contributed by atoms with van der Waals surface area (Å²) in [5, 5.41) is 3.34. The van der Waals surface area contributed by atoms with Gasteiger partial charge in [0.15, 0.2) is 0 Å². The van der Waals surface area contributed by atoms with Crippen molar-refractivity contribution in [3.8, 4) is 5.88 Å². The number of nitrogens with zero attached hydrogens (tertiary/aromatic N) is 1. The second-order valence-electron chi connectivity index (χ2n) is 4.13. The van der Waals surface area contributed by atoms with Gasteiger partial charge >= 0.3 is 0 Å². The highest BCUT2D eigenvalue weighted by atomic mass is 32.2. The van der Waals surface area contributed by atoms with Crippen LogP contribution in [0.4, 0.5) is 5.82 Å². The number of rotatable bonds is 10. The molecule has 1 N–H and O–H groups in total. The molecule has 1 aromatic heterocycles. The fourth-order valence-electron chi connectivity index (χ4n) is 1.68. The van der Waals surface area contributed by atoms with Gasteiger partial charge in [0.05, 0.1) is 6.61 Å². The third-order valence-corrected chi connectivity index (χ3v) is 3.29. The van der Waals surface area contributed by atoms with E-state index in [0.29, 0.717) is 12.5 Å². The fraction of sp³-hybridized carbons (Fsp3) is 0.643. The van der Waals surface area contributed by atoms with Crippen molar-refractivity contribution < 1.29 is 4.74 Å². The van der Waals surface area contributed by atoms with Crippen LogP contribution in [0.2, 0.25) is 0 Å². The van der Waals surface area contributed by atoms with E-state index >= 15 is 0 Å². The van der Waals surface area contributed by atoms with Gasteiger partial charge in [-0.05, 0) is 37.8 Å². The molecule has 0 spiro atoms. The van der Waals surface area contributed by atoms with E-state index in [9.17, 15) is 0 Å². The lowest BCUT2D eigenvalue weighted by Crippen LogP contribution is -2.04. The first-order valence-corrected chi connectivity index (χ1v) is 8.09. The summed E-state index contributed by atoms with van der Waals surface area (Å²) < 4.78 is 5.36. The minimum atomic E-state index is 0.659. The Balaban J connectivity index is 2.13. The molecule has 1 aromatic rings. The van der Waals surface area contributed by atoms with Crippen LogP contribution in [0.15, 0.2) is 18.2 Å². The molecule has 0 saturated heterocycles. The van der Waals surface area contributed by atoms with Crippen LogP contribution in [0.3, 0.4) is 0 Å². The molecule has 0 fully saturated rings. The molecule has 0 unspecified atom stereocenters. The number of hydrogen-bond acceptors (Lipinski definition) is 4. The number of nitrogens with one attached hydrogen (secondary N) is 1. The smallest absolute Gasteiger partial charge is 0.215 e. The topological polar surface area (TPSA) is 34.1 Å². The standard InChI is InChI=1S/C14H24N2OS/c1-3-17-14-10-8-9-13(16-14)15-11-6-4-5-7-12-18-2/h8-10H,3-7,11-12H2,1-2H3,(H,15,16). The third-order valence-electron chi connectivity index (χ3n) is 2.60. The first-order chi connectivity index (χ1) is 8.86. The second kappa shape index (κ2) is 10.1. The highest BCUT2D eigenvalue weighted by Gasteiger charge is 1.97. The molecule has 0 aliphatic carbocycles. The van der Waals surface area contributed by atoms with E-state index in [1.807, 2.05) is 36.9 Å². The number of aromatic nitrogens is 1. The SMILES string of the molecule is CCOc1cccc(NCCCCCCSC)n1. The largest absolute Gasteiger partial charge is 0.478 e. The summed E-state index contributed by atoms with van der Waals surface area (Å²) in [6, 6.07) is 5.84. The van der Waals surface area contributed by atoms with Gasteiger partial charge in [-0.15, -0.1) is 0 Å². The molecule has 0 saturated carbocycles. The number of anilines is 1. The highest BCUT2D eigenvalue weighted by Crippen LogP contribution is 2.11. The van der Waals surface area contributed by atoms with Crippen LogP contribution in [0, 0.1) is 0 Å². The molecule has 1 heterocycles. The highest BCUT2D eigenvalue weighted by molar-refractivity contribution is 7.98. The van der Waals surface area contributed by atoms with Gasteiger partial charge in [-0.1, -0.05) is 18.9 Å². The Bertz CT molecular complexity index is 320. The summed E-state index contributed by atoms with van der Waals surface area (Å²) in [5.74, 6) is 2.89. The summed E-state index contributed by atoms with van der Waals surface area (Å²) in [6.45, 7) is 3.62. The lowest BCUT2D eigenvalue weighted by Gasteiger charge is -2.07. The van der Waals surface area contributed by atoms with E-state index in [4.69, 9.17) is 4.74 Å². The van der Waals surface area contributed by atoms with Gasteiger partial charge in [0.1, 0.15) is 5.82 Å². The maximum absolute atomic E-state index is 5.36. The van der Waals surface area contributed by atoms with Crippen molar-refractivity contribution in [2.45, 2.75) is 32.6 Å². The van der Waals surface area contributed by atoms with Crippen LogP contribution < -0.4 is 10.1 Å². The maximum Gasteiger partial charge on any atom is 0.215 e. The lowest BCUT2D eigenvalue weighted by molar-refractivity contribution is 0.327. The molecule has 0 aromatic carbocycles. The molecule has 0 amide bonds. The Morgan fingerprint density at radius 3 is 2.83 bits per heavy atom. The number of pyridine rings is 1. The summed E-state index contributed by atoms with van der Waals surface area (Å²) in [7, 11) is 0. The average Bonchev–Trinajstić information content (AvgIpc) is 2.39. The normalized spacial score (nSPS) is 10.3. The van der Waals surface area contributed by atoms with E-state index in [1.165, 1.54) is 31.4 Å². The van der Waals surface area contributed by atoms with E-state index in [-0.39, 0.29) is 0 Å². The van der Waals surface area contributed by atoms with Crippen LogP contribution in [-0.2, 0) is 0 Å². The van der Waals surface area contributed by atoms with E-state index in [2.05, 4.69) is 16.6 Å². The van der Waals surface area contributed by atoms with Gasteiger partial charge in [-0.3, -0.25) is 0 Å². The Kier molecular flexibility index (Phi) is 8.47. The number of hydrogen-bond donors (Lipinski definition) is 1. The third kappa shape index (κ3) is 6.74. The zero-order valence-corrected chi connectivity index (χ0v) is 12.3. The van der Waals surface area contributed by atoms with Gasteiger partial charge in [0.2, 0.25) is 5.88 Å². The molecule has 0 aliphatic heterocycles. The summed E-state index contributed by atoms with van der Waals surface area (Å²) in [5.41, 5.74) is 0. The number of unbranched alkanes of at least 4 members (excludes halogenated alkanes) is 3. The Labute approximate surface area is 115 Å². The summed E-state index contributed by atoms with van der Waals surface area (Å²) >= 11 is 1.93. The van der Waals surface area contributed by atoms with Crippen molar-refractivity contribution in [2.75, 3.05) is 30.5 Å². The van der Waals surface area contributed by atoms with Crippen LogP contribution in [0.25, 0.3) is 0 Å². The molecule has 3 nitrogen and oxygen atoms in total. The second-order valence-corrected chi connectivity index (χ2v) is 5.11. The van der Waals surface area contributed by atoms with Gasteiger partial charge in [0, 0.05) is 12.6 Å². The monoisotopic (exact) mass is 268 g/mol. The van der Waals surface area contributed by atoms with Crippen LogP contribution in [0.1, 0.15) is 32.6 Å². The fourth-order valence-corrected chi connectivity index (χ4v) is 2.18. The zero-order valence-electron chi connectivity index (χ0n) is 11.4. The van der Waals surface area contributed by atoms with Crippen molar-refractivity contribution in [2.24, 2.45) is 0 Å². The summed E-state index contributed by atoms with van der Waals surface area (Å²) in [6.07, 6.45) is 7.32. The van der Waals surface area contributed by atoms with E-state index in [0.717, 1.165) is 12.4 Å². The molecule has 0 aliphatic rings. The van der Waals surface area contributed by atoms with Gasteiger partial charge in [-0.2, -0.15) is 16.7 Å². The van der Waals surface area contributed by atoms with Crippen molar-refractivity contribution >= 4 is 17.6 Å². The molecule has 1 rings (SSSR count). The van der Waals surface area contributed by atoms with Crippen molar-refractivity contribution in [3.05, 3.63) is 18.2 Å². The first-order valence-electron chi connectivity index (χ1n) is 6.69. The molecule has 0 bridgehead atoms. The van der Waals surface area contributed by atoms with E-state index < -0.39 is 0 Å². The summed E-state index contributed by atoms with van der Waals surface area (Å²) in [4.78, 5) is 4.37. The van der Waals surface area contributed by atoms with Gasteiger partial charge in [-0.25, -0.2) is 0 Å². The lowest BCUT2D eigenvalue weighted by atomic mass is 10.2. The number of ether oxygens (including phenoxy) is 1. The molecule has 0 radical (unpaired) electrons. The molecule has 4 heteroatoms. The van der Waals surface area contributed by atoms with E-state index in [1.54, 1.807) is 0 Å². The maximum atomic E-state index is 5.36. The zero-order chi connectivity index (χ0) is 13.1. The van der Waals surface area contributed by atoms with Crippen LogP contribution in [0.5, 0.6) is 5.88 Å². The molecule has 102 valence electrons. The quantitative estimate of drug-likeness (QED) is 0.654. The Morgan fingerprint density at radius 1 is 1.22 bits per heavy atom. The van der Waals surface area contributed by atoms with Crippen molar-refractivity contribution in [3.63, 3.8) is 0 Å². The minimum absolute atomic E-state index is 0.659. The van der Waals surface area contributed by atoms with Crippen molar-refractivity contribution in [1.82, 2.24) is 4.98 Å². The first kappa shape index (κ1) is 15.2. The predicted octanol–water partition coefficient (Wildman–Crippen LogP) is 3.82. The molecular formula is C14H24N2OS. The van der Waals surface area contributed by atoms with Crippen molar-refractivity contribution in [1.29, 1.82) is 0 Å². The van der Waals surface area contributed by atoms with Gasteiger partial charge < -0.3 is 10.1 Å². The molecule has 0 atom stereocenters. The average molecular weight is 268 g/mol. The Hall–Kier alpha value is -0.900.